The largest absolute Gasteiger partial charge is 0.462 e. The summed E-state index contributed by atoms with van der Waals surface area (Å²) in [5.74, 6) is -1.47. The van der Waals surface area contributed by atoms with Gasteiger partial charge in [0.05, 0.1) is 18.2 Å². The molecule has 0 unspecified atom stereocenters. The van der Waals surface area contributed by atoms with Crippen molar-refractivity contribution in [3.63, 3.8) is 0 Å². The highest BCUT2D eigenvalue weighted by molar-refractivity contribution is 6.02. The van der Waals surface area contributed by atoms with Crippen molar-refractivity contribution >= 4 is 17.7 Å². The summed E-state index contributed by atoms with van der Waals surface area (Å²) >= 11 is 0. The molecule has 0 aliphatic heterocycles. The number of rotatable bonds is 8. The number of Topliss-reactive ketones (excluding diaryl/α,β-unsaturated/α-hetero) is 1. The van der Waals surface area contributed by atoms with Crippen LogP contribution in [0.3, 0.4) is 0 Å². The van der Waals surface area contributed by atoms with Crippen molar-refractivity contribution in [2.24, 2.45) is 0 Å². The van der Waals surface area contributed by atoms with Gasteiger partial charge in [-0.2, -0.15) is 0 Å². The molecule has 1 aromatic carbocycles. The number of esters is 2. The maximum absolute atomic E-state index is 12.9. The van der Waals surface area contributed by atoms with Crippen molar-refractivity contribution in [3.8, 4) is 0 Å². The minimum absolute atomic E-state index is 0.0566. The molecule has 174 valence electrons. The van der Waals surface area contributed by atoms with E-state index in [1.165, 1.54) is 0 Å². The number of aromatic amines is 1. The summed E-state index contributed by atoms with van der Waals surface area (Å²) in [6, 6.07) is 11.9. The van der Waals surface area contributed by atoms with E-state index in [4.69, 9.17) is 9.47 Å². The first-order chi connectivity index (χ1) is 15.7. The Balaban J connectivity index is 1.75. The van der Waals surface area contributed by atoms with Gasteiger partial charge in [0.2, 0.25) is 5.78 Å². The lowest BCUT2D eigenvalue weighted by Gasteiger charge is -2.19. The normalized spacial score (nSPS) is 11.8. The Hall–Kier alpha value is -3.61. The Labute approximate surface area is 193 Å². The van der Waals surface area contributed by atoms with Gasteiger partial charge in [-0.25, -0.2) is 9.59 Å². The number of ketones is 1. The Morgan fingerprint density at radius 1 is 1.00 bits per heavy atom. The highest BCUT2D eigenvalue weighted by Gasteiger charge is 2.25. The van der Waals surface area contributed by atoms with E-state index in [2.05, 4.69) is 28.6 Å². The summed E-state index contributed by atoms with van der Waals surface area (Å²) in [6.45, 7) is 10.8. The van der Waals surface area contributed by atoms with Gasteiger partial charge in [-0.05, 0) is 58.7 Å². The first-order valence-electron chi connectivity index (χ1n) is 11.0. The maximum Gasteiger partial charge on any atom is 0.355 e. The zero-order valence-electron chi connectivity index (χ0n) is 19.9. The van der Waals surface area contributed by atoms with Gasteiger partial charge in [0, 0.05) is 22.6 Å². The second-order valence-corrected chi connectivity index (χ2v) is 8.09. The first kappa shape index (κ1) is 24.0. The fraction of sp³-hybridized carbons (Fsp3) is 0.346. The number of carbonyl (C=O) groups excluding carboxylic acids is 3. The van der Waals surface area contributed by atoms with Crippen LogP contribution in [0.4, 0.5) is 0 Å². The Morgan fingerprint density at radius 2 is 1.67 bits per heavy atom. The second kappa shape index (κ2) is 9.90. The number of carbonyl (C=O) groups is 3. The number of hydrogen-bond acceptors (Lipinski definition) is 5. The van der Waals surface area contributed by atoms with E-state index < -0.39 is 18.5 Å². The van der Waals surface area contributed by atoms with Gasteiger partial charge in [0.25, 0.3) is 0 Å². The van der Waals surface area contributed by atoms with Gasteiger partial charge in [-0.15, -0.1) is 0 Å². The standard InChI is InChI=1S/C26H30N2O5/c1-7-32-25(30)23-16(3)24(27-17(23)4)26(31)33-14-22(29)21-13-15(2)28(19(21)6)18(5)20-11-9-8-10-12-20/h8-13,18,27H,7,14H2,1-6H3/t18-/m0/s1. The zero-order chi connectivity index (χ0) is 24.3. The molecule has 0 amide bonds. The van der Waals surface area contributed by atoms with E-state index in [-0.39, 0.29) is 24.1 Å². The van der Waals surface area contributed by atoms with E-state index >= 15 is 0 Å². The third-order valence-electron chi connectivity index (χ3n) is 5.91. The van der Waals surface area contributed by atoms with E-state index in [1.54, 1.807) is 20.8 Å². The molecule has 7 nitrogen and oxygen atoms in total. The van der Waals surface area contributed by atoms with Crippen LogP contribution in [0.1, 0.15) is 79.3 Å². The van der Waals surface area contributed by atoms with Crippen LogP contribution in [0.25, 0.3) is 0 Å². The summed E-state index contributed by atoms with van der Waals surface area (Å²) < 4.78 is 12.5. The van der Waals surface area contributed by atoms with Crippen LogP contribution in [0.5, 0.6) is 0 Å². The number of ether oxygens (including phenoxy) is 2. The predicted molar refractivity (Wildman–Crippen MR) is 125 cm³/mol. The van der Waals surface area contributed by atoms with Crippen LogP contribution in [0, 0.1) is 27.7 Å². The topological polar surface area (TPSA) is 90.4 Å². The van der Waals surface area contributed by atoms with E-state index in [9.17, 15) is 14.4 Å². The van der Waals surface area contributed by atoms with Crippen LogP contribution in [-0.2, 0) is 9.47 Å². The fourth-order valence-corrected chi connectivity index (χ4v) is 4.28. The van der Waals surface area contributed by atoms with Gasteiger partial charge in [0.15, 0.2) is 6.61 Å². The lowest BCUT2D eigenvalue weighted by Crippen LogP contribution is -2.17. The molecule has 2 heterocycles. The second-order valence-electron chi connectivity index (χ2n) is 8.09. The van der Waals surface area contributed by atoms with Gasteiger partial charge in [0.1, 0.15) is 5.69 Å². The summed E-state index contributed by atoms with van der Waals surface area (Å²) in [4.78, 5) is 40.6. The SMILES string of the molecule is CCOC(=O)c1c(C)[nH]c(C(=O)OCC(=O)c2cc(C)n([C@@H](C)c3ccccc3)c2C)c1C. The maximum atomic E-state index is 12.9. The van der Waals surface area contributed by atoms with Crippen molar-refractivity contribution in [2.45, 2.75) is 47.6 Å². The molecule has 0 spiro atoms. The third-order valence-corrected chi connectivity index (χ3v) is 5.91. The van der Waals surface area contributed by atoms with Gasteiger partial charge in [-0.1, -0.05) is 30.3 Å². The van der Waals surface area contributed by atoms with Crippen molar-refractivity contribution in [3.05, 3.63) is 81.4 Å². The van der Waals surface area contributed by atoms with Crippen LogP contribution in [0.15, 0.2) is 36.4 Å². The summed E-state index contributed by atoms with van der Waals surface area (Å²) in [7, 11) is 0. The van der Waals surface area contributed by atoms with E-state index in [0.717, 1.165) is 17.0 Å². The smallest absolute Gasteiger partial charge is 0.355 e. The third kappa shape index (κ3) is 4.77. The number of benzene rings is 1. The molecule has 3 rings (SSSR count). The number of hydrogen-bond donors (Lipinski definition) is 1. The molecule has 0 radical (unpaired) electrons. The van der Waals surface area contributed by atoms with Crippen LogP contribution in [-0.4, -0.2) is 40.5 Å². The average Bonchev–Trinajstić information content (AvgIpc) is 3.26. The first-order valence-corrected chi connectivity index (χ1v) is 11.0. The predicted octanol–water partition coefficient (Wildman–Crippen LogP) is 4.88. The number of aryl methyl sites for hydroxylation is 2. The number of nitrogens with zero attached hydrogens (tertiary/aromatic N) is 1. The summed E-state index contributed by atoms with van der Waals surface area (Å²) in [5, 5.41) is 0. The monoisotopic (exact) mass is 450 g/mol. The molecule has 33 heavy (non-hydrogen) atoms. The molecule has 0 saturated carbocycles. The fourth-order valence-electron chi connectivity index (χ4n) is 4.28. The number of nitrogens with one attached hydrogen (secondary N) is 1. The Morgan fingerprint density at radius 3 is 2.30 bits per heavy atom. The molecule has 0 saturated heterocycles. The molecule has 1 atom stereocenters. The molecular formula is C26H30N2O5. The molecular weight excluding hydrogens is 420 g/mol. The summed E-state index contributed by atoms with van der Waals surface area (Å²) in [5.41, 5.74) is 4.85. The highest BCUT2D eigenvalue weighted by atomic mass is 16.5. The van der Waals surface area contributed by atoms with Gasteiger partial charge < -0.3 is 19.0 Å². The van der Waals surface area contributed by atoms with Crippen molar-refractivity contribution in [1.29, 1.82) is 0 Å². The molecule has 0 aliphatic rings. The van der Waals surface area contributed by atoms with Crippen LogP contribution >= 0.6 is 0 Å². The lowest BCUT2D eigenvalue weighted by molar-refractivity contribution is 0.0468. The van der Waals surface area contributed by atoms with Crippen LogP contribution < -0.4 is 0 Å². The Kier molecular flexibility index (Phi) is 7.21. The van der Waals surface area contributed by atoms with E-state index in [1.807, 2.05) is 38.1 Å². The van der Waals surface area contributed by atoms with Crippen LogP contribution in [0.2, 0.25) is 0 Å². The molecule has 0 aliphatic carbocycles. The molecule has 0 bridgehead atoms. The minimum atomic E-state index is -0.689. The lowest BCUT2D eigenvalue weighted by atomic mass is 10.1. The number of aromatic nitrogens is 2. The minimum Gasteiger partial charge on any atom is -0.462 e. The molecule has 1 N–H and O–H groups in total. The van der Waals surface area contributed by atoms with Gasteiger partial charge >= 0.3 is 11.9 Å². The van der Waals surface area contributed by atoms with Crippen molar-refractivity contribution in [1.82, 2.24) is 9.55 Å². The molecule has 7 heteroatoms. The Bertz CT molecular complexity index is 1190. The van der Waals surface area contributed by atoms with Crippen molar-refractivity contribution in [2.75, 3.05) is 13.2 Å². The average molecular weight is 451 g/mol. The quantitative estimate of drug-likeness (QED) is 0.390. The van der Waals surface area contributed by atoms with Crippen molar-refractivity contribution < 1.29 is 23.9 Å². The highest BCUT2D eigenvalue weighted by Crippen LogP contribution is 2.26. The zero-order valence-corrected chi connectivity index (χ0v) is 19.9. The van der Waals surface area contributed by atoms with Gasteiger partial charge in [-0.3, -0.25) is 4.79 Å². The van der Waals surface area contributed by atoms with E-state index in [0.29, 0.717) is 22.4 Å². The number of H-pyrrole nitrogens is 1. The molecule has 0 fully saturated rings. The summed E-state index contributed by atoms with van der Waals surface area (Å²) in [6.07, 6.45) is 0. The molecule has 2 aromatic heterocycles. The molecule has 3 aromatic rings.